The molecule has 0 spiro atoms. The zero-order chi connectivity index (χ0) is 26.7. The minimum atomic E-state index is -3.29. The zero-order valence-corrected chi connectivity index (χ0v) is 23.1. The van der Waals surface area contributed by atoms with Crippen LogP contribution in [0.1, 0.15) is 85.1 Å². The Labute approximate surface area is 217 Å². The van der Waals surface area contributed by atoms with E-state index in [4.69, 9.17) is 9.47 Å². The molecule has 2 unspecified atom stereocenters. The smallest absolute Gasteiger partial charge is 0.410 e. The Morgan fingerprint density at radius 3 is 2.28 bits per heavy atom. The van der Waals surface area contributed by atoms with E-state index in [1.54, 1.807) is 41.5 Å². The monoisotopic (exact) mass is 526 g/mol. The molecule has 0 aromatic heterocycles. The molecule has 1 heterocycles. The number of carbonyl (C=O) groups is 1. The fourth-order valence-electron chi connectivity index (χ4n) is 4.51. The van der Waals surface area contributed by atoms with Crippen LogP contribution in [0.15, 0.2) is 34.7 Å². The molecule has 1 saturated carbocycles. The number of halogens is 2. The summed E-state index contributed by atoms with van der Waals surface area (Å²) in [7, 11) is 0. The summed E-state index contributed by atoms with van der Waals surface area (Å²) in [5.74, 6) is -2.84. The highest BCUT2D eigenvalue weighted by Gasteiger charge is 2.52. The summed E-state index contributed by atoms with van der Waals surface area (Å²) in [6, 6.07) is 9.19. The fourth-order valence-corrected chi connectivity index (χ4v) is 5.22. The molecule has 2 aliphatic rings. The minimum absolute atomic E-state index is 0.102. The van der Waals surface area contributed by atoms with E-state index >= 15 is 8.78 Å². The Morgan fingerprint density at radius 2 is 1.72 bits per heavy atom. The van der Waals surface area contributed by atoms with Gasteiger partial charge in [-0.25, -0.2) is 4.79 Å². The molecule has 1 aromatic carbocycles. The average Bonchev–Trinajstić information content (AvgIpc) is 2.78. The van der Waals surface area contributed by atoms with Crippen LogP contribution in [0.5, 0.6) is 0 Å². The Hall–Kier alpha value is -1.71. The van der Waals surface area contributed by atoms with E-state index in [1.807, 2.05) is 18.2 Å². The molecule has 0 bridgehead atoms. The van der Waals surface area contributed by atoms with Crippen molar-refractivity contribution in [3.05, 3.63) is 35.9 Å². The van der Waals surface area contributed by atoms with Crippen LogP contribution in [0, 0.1) is 0 Å². The Kier molecular flexibility index (Phi) is 9.10. The number of benzene rings is 1. The average molecular weight is 527 g/mol. The SMILES string of the molecule is CC(C)(C)OC(=O)N1CCC(F)(F)C(=N[S+]([O-])C(C)(C)C)C1COC1CCC(c2ccccc2)CC1. The predicted molar refractivity (Wildman–Crippen MR) is 139 cm³/mol. The van der Waals surface area contributed by atoms with Gasteiger partial charge in [-0.05, 0) is 78.7 Å². The van der Waals surface area contributed by atoms with Crippen LogP contribution in [0.4, 0.5) is 13.6 Å². The van der Waals surface area contributed by atoms with Crippen molar-refractivity contribution >= 4 is 23.2 Å². The molecule has 2 fully saturated rings. The largest absolute Gasteiger partial charge is 0.591 e. The molecule has 1 saturated heterocycles. The summed E-state index contributed by atoms with van der Waals surface area (Å²) < 4.78 is 57.9. The van der Waals surface area contributed by atoms with Gasteiger partial charge in [-0.15, -0.1) is 0 Å². The number of hydrogen-bond donors (Lipinski definition) is 0. The number of alkyl halides is 2. The lowest BCUT2D eigenvalue weighted by atomic mass is 9.83. The number of rotatable bonds is 5. The van der Waals surface area contributed by atoms with Gasteiger partial charge >= 0.3 is 6.09 Å². The molecule has 202 valence electrons. The first-order valence-corrected chi connectivity index (χ1v) is 13.8. The first kappa shape index (κ1) is 28.9. The number of amides is 1. The van der Waals surface area contributed by atoms with E-state index in [1.165, 1.54) is 10.5 Å². The van der Waals surface area contributed by atoms with Gasteiger partial charge in [0, 0.05) is 13.0 Å². The third kappa shape index (κ3) is 7.65. The standard InChI is InChI=1S/C27H40F2N2O4S/c1-25(2,3)35-24(32)31-17-16-27(28,29)23(30-36(33)26(4,5)6)22(31)18-34-21-14-12-20(13-15-21)19-10-8-7-9-11-19/h7-11,20-22H,12-18H2,1-6H3. The summed E-state index contributed by atoms with van der Waals surface area (Å²) in [5, 5.41) is 0. The summed E-state index contributed by atoms with van der Waals surface area (Å²) in [4.78, 5) is 14.2. The highest BCUT2D eigenvalue weighted by Crippen LogP contribution is 2.36. The highest BCUT2D eigenvalue weighted by atomic mass is 32.2. The topological polar surface area (TPSA) is 74.2 Å². The molecule has 1 aliphatic heterocycles. The summed E-state index contributed by atoms with van der Waals surface area (Å²) in [5.41, 5.74) is -0.0482. The number of hydrogen-bond acceptors (Lipinski definition) is 5. The predicted octanol–water partition coefficient (Wildman–Crippen LogP) is 6.28. The fraction of sp³-hybridized carbons (Fsp3) is 0.704. The molecule has 0 radical (unpaired) electrons. The molecule has 3 rings (SSSR count). The lowest BCUT2D eigenvalue weighted by molar-refractivity contribution is -0.0373. The van der Waals surface area contributed by atoms with Gasteiger partial charge in [0.15, 0.2) is 5.71 Å². The third-order valence-electron chi connectivity index (χ3n) is 6.50. The van der Waals surface area contributed by atoms with Gasteiger partial charge in [0.1, 0.15) is 27.8 Å². The van der Waals surface area contributed by atoms with Gasteiger partial charge in [-0.2, -0.15) is 8.78 Å². The van der Waals surface area contributed by atoms with Gasteiger partial charge in [-0.3, -0.25) is 4.90 Å². The van der Waals surface area contributed by atoms with Crippen molar-refractivity contribution in [2.75, 3.05) is 13.2 Å². The number of piperidine rings is 1. The van der Waals surface area contributed by atoms with Gasteiger partial charge in [0.05, 0.1) is 12.7 Å². The van der Waals surface area contributed by atoms with Crippen molar-refractivity contribution in [1.29, 1.82) is 0 Å². The molecule has 9 heteroatoms. The van der Waals surface area contributed by atoms with Gasteiger partial charge in [0.25, 0.3) is 5.92 Å². The van der Waals surface area contributed by atoms with Crippen LogP contribution in [0.2, 0.25) is 0 Å². The van der Waals surface area contributed by atoms with E-state index in [-0.39, 0.29) is 19.3 Å². The molecule has 6 nitrogen and oxygen atoms in total. The maximum Gasteiger partial charge on any atom is 0.410 e. The van der Waals surface area contributed by atoms with E-state index in [9.17, 15) is 9.35 Å². The Balaban J connectivity index is 1.78. The van der Waals surface area contributed by atoms with Gasteiger partial charge < -0.3 is 14.0 Å². The lowest BCUT2D eigenvalue weighted by Crippen LogP contribution is -2.60. The quantitative estimate of drug-likeness (QED) is 0.424. The molecule has 36 heavy (non-hydrogen) atoms. The van der Waals surface area contributed by atoms with Crippen LogP contribution >= 0.6 is 0 Å². The van der Waals surface area contributed by atoms with E-state index in [0.717, 1.165) is 25.7 Å². The maximum atomic E-state index is 15.1. The van der Waals surface area contributed by atoms with Crippen LogP contribution in [0.3, 0.4) is 0 Å². The first-order valence-electron chi connectivity index (χ1n) is 12.7. The number of carbonyl (C=O) groups excluding carboxylic acids is 1. The minimum Gasteiger partial charge on any atom is -0.591 e. The van der Waals surface area contributed by atoms with Crippen molar-refractivity contribution in [1.82, 2.24) is 4.90 Å². The number of ether oxygens (including phenoxy) is 2. The van der Waals surface area contributed by atoms with Crippen molar-refractivity contribution in [3.63, 3.8) is 0 Å². The second kappa shape index (κ2) is 11.4. The van der Waals surface area contributed by atoms with Crippen molar-refractivity contribution in [3.8, 4) is 0 Å². The Morgan fingerprint density at radius 1 is 1.11 bits per heavy atom. The van der Waals surface area contributed by atoms with Crippen molar-refractivity contribution in [2.24, 2.45) is 4.40 Å². The first-order chi connectivity index (χ1) is 16.7. The number of nitrogens with zero attached hydrogens (tertiary/aromatic N) is 2. The Bertz CT molecular complexity index is 907. The second-order valence-corrected chi connectivity index (χ2v) is 13.6. The van der Waals surface area contributed by atoms with Crippen LogP contribution in [-0.2, 0) is 20.8 Å². The number of likely N-dealkylation sites (tertiary alicyclic amines) is 1. The second-order valence-electron chi connectivity index (χ2n) is 11.7. The molecule has 1 aliphatic carbocycles. The molecular weight excluding hydrogens is 486 g/mol. The summed E-state index contributed by atoms with van der Waals surface area (Å²) >= 11 is -1.91. The van der Waals surface area contributed by atoms with Crippen molar-refractivity contribution in [2.45, 2.75) is 108 Å². The zero-order valence-electron chi connectivity index (χ0n) is 22.3. The van der Waals surface area contributed by atoms with E-state index in [0.29, 0.717) is 5.92 Å². The highest BCUT2D eigenvalue weighted by molar-refractivity contribution is 7.91. The molecule has 2 atom stereocenters. The maximum absolute atomic E-state index is 15.1. The normalized spacial score (nSPS) is 27.1. The molecule has 1 aromatic rings. The summed E-state index contributed by atoms with van der Waals surface area (Å²) in [6.45, 7) is 9.87. The van der Waals surface area contributed by atoms with Gasteiger partial charge in [0.2, 0.25) is 0 Å². The van der Waals surface area contributed by atoms with Crippen LogP contribution in [0.25, 0.3) is 0 Å². The van der Waals surface area contributed by atoms with Gasteiger partial charge in [-0.1, -0.05) is 34.7 Å². The molecular formula is C27H40F2N2O4S. The van der Waals surface area contributed by atoms with E-state index < -0.39 is 51.9 Å². The lowest BCUT2D eigenvalue weighted by Gasteiger charge is -2.41. The molecule has 1 amide bonds. The van der Waals surface area contributed by atoms with Crippen LogP contribution in [-0.4, -0.2) is 62.8 Å². The van der Waals surface area contributed by atoms with Crippen LogP contribution < -0.4 is 0 Å². The van der Waals surface area contributed by atoms with E-state index in [2.05, 4.69) is 16.5 Å². The van der Waals surface area contributed by atoms with Crippen molar-refractivity contribution < 1.29 is 27.6 Å². The third-order valence-corrected chi connectivity index (χ3v) is 7.91. The molecule has 0 N–H and O–H groups in total. The summed E-state index contributed by atoms with van der Waals surface area (Å²) in [6.07, 6.45) is 2.08.